The van der Waals surface area contributed by atoms with Gasteiger partial charge in [-0.2, -0.15) is 0 Å². The third-order valence-electron chi connectivity index (χ3n) is 3.95. The number of carbonyl (C=O) groups is 2. The number of nitrogens with one attached hydrogen (secondary N) is 3. The van der Waals surface area contributed by atoms with E-state index in [0.29, 0.717) is 6.42 Å². The summed E-state index contributed by atoms with van der Waals surface area (Å²) in [7, 11) is -1.17. The van der Waals surface area contributed by atoms with Crippen LogP contribution in [-0.4, -0.2) is 33.7 Å². The number of nitrogens with zero attached hydrogens (tertiary/aromatic N) is 1. The van der Waals surface area contributed by atoms with E-state index in [4.69, 9.17) is 4.74 Å². The number of aryl methyl sites for hydroxylation is 1. The summed E-state index contributed by atoms with van der Waals surface area (Å²) >= 11 is 3.28. The zero-order valence-corrected chi connectivity index (χ0v) is 21.7. The zero-order chi connectivity index (χ0) is 23.0. The summed E-state index contributed by atoms with van der Waals surface area (Å²) < 4.78 is 19.3. The molecule has 0 fully saturated rings. The second kappa shape index (κ2) is 11.9. The summed E-state index contributed by atoms with van der Waals surface area (Å²) in [4.78, 5) is 28.9. The number of rotatable bonds is 9. The van der Waals surface area contributed by atoms with Crippen LogP contribution in [0.2, 0.25) is 0 Å². The van der Waals surface area contributed by atoms with E-state index in [-0.39, 0.29) is 18.5 Å². The quantitative estimate of drug-likeness (QED) is 0.306. The highest BCUT2D eigenvalue weighted by molar-refractivity contribution is 14.2. The molecule has 3 N–H and O–H groups in total. The highest BCUT2D eigenvalue weighted by atomic mass is 127. The Kier molecular flexibility index (Phi) is 9.85. The van der Waals surface area contributed by atoms with E-state index in [2.05, 4.69) is 20.3 Å². The second-order valence-corrected chi connectivity index (χ2v) is 11.7. The van der Waals surface area contributed by atoms with Gasteiger partial charge in [0.15, 0.2) is 0 Å². The Morgan fingerprint density at radius 2 is 1.97 bits per heavy atom. The summed E-state index contributed by atoms with van der Waals surface area (Å²) in [6.45, 7) is 7.11. The average molecular weight is 578 g/mol. The molecule has 0 aliphatic rings. The SMILES string of the molecule is CCc1csc([C@H](Cc2ccc(N[S+]([O-])I)cc2)NC(=O)CNC(=O)OC(C)(C)C)n1. The second-order valence-electron chi connectivity index (χ2n) is 7.73. The van der Waals surface area contributed by atoms with Crippen molar-refractivity contribution in [2.24, 2.45) is 0 Å². The molecule has 0 aliphatic carbocycles. The topological polar surface area (TPSA) is 115 Å². The first-order chi connectivity index (χ1) is 14.6. The van der Waals surface area contributed by atoms with Crippen molar-refractivity contribution in [1.82, 2.24) is 15.6 Å². The molecule has 1 unspecified atom stereocenters. The molecule has 0 bridgehead atoms. The molecule has 0 saturated carbocycles. The molecule has 8 nitrogen and oxygen atoms in total. The molecule has 0 radical (unpaired) electrons. The number of amides is 2. The summed E-state index contributed by atoms with van der Waals surface area (Å²) in [6, 6.07) is 7.18. The Bertz CT molecular complexity index is 869. The van der Waals surface area contributed by atoms with Crippen molar-refractivity contribution in [3.8, 4) is 0 Å². The van der Waals surface area contributed by atoms with Gasteiger partial charge in [0.25, 0.3) is 21.2 Å². The lowest BCUT2D eigenvalue weighted by Gasteiger charge is -2.20. The van der Waals surface area contributed by atoms with Crippen LogP contribution < -0.4 is 15.4 Å². The molecule has 2 atom stereocenters. The number of alkyl carbamates (subject to hydrolysis) is 1. The molecule has 0 saturated heterocycles. The predicted octanol–water partition coefficient (Wildman–Crippen LogP) is 4.06. The third-order valence-corrected chi connectivity index (χ3v) is 6.01. The van der Waals surface area contributed by atoms with E-state index in [1.807, 2.05) is 36.6 Å². The summed E-state index contributed by atoms with van der Waals surface area (Å²) in [5.74, 6) is -0.331. The van der Waals surface area contributed by atoms with Gasteiger partial charge in [-0.05, 0) is 51.3 Å². The molecule has 2 amide bonds. The van der Waals surface area contributed by atoms with Gasteiger partial charge in [0, 0.05) is 5.38 Å². The van der Waals surface area contributed by atoms with E-state index in [9.17, 15) is 14.1 Å². The summed E-state index contributed by atoms with van der Waals surface area (Å²) in [6.07, 6.45) is 0.700. The highest BCUT2D eigenvalue weighted by Crippen LogP contribution is 2.24. The third kappa shape index (κ3) is 9.62. The Labute approximate surface area is 201 Å². The van der Waals surface area contributed by atoms with Crippen molar-refractivity contribution in [2.75, 3.05) is 11.3 Å². The number of carbonyl (C=O) groups excluding carboxylic acids is 2. The molecular formula is C20H27IN4O4S2. The number of benzene rings is 1. The van der Waals surface area contributed by atoms with Crippen LogP contribution in [0.15, 0.2) is 29.6 Å². The standard InChI is InChI=1S/C20H27IN4O4S2/c1-5-14-12-30-18(23-14)16(10-13-6-8-15(9-7-13)25-31(21)28)24-17(26)11-22-19(27)29-20(2,3)4/h6-9,12,16,25H,5,10-11H2,1-4H3,(H,22,27)(H,24,26)/t16-,31?/m0/s1. The maximum absolute atomic E-state index is 12.5. The van der Waals surface area contributed by atoms with Gasteiger partial charge in [-0.15, -0.1) is 11.3 Å². The maximum atomic E-state index is 12.5. The molecule has 1 aromatic heterocycles. The van der Waals surface area contributed by atoms with Gasteiger partial charge in [0.2, 0.25) is 5.91 Å². The molecule has 2 aromatic rings. The molecule has 0 aliphatic heterocycles. The van der Waals surface area contributed by atoms with E-state index < -0.39 is 20.2 Å². The van der Waals surface area contributed by atoms with Crippen LogP contribution in [0, 0.1) is 0 Å². The minimum absolute atomic E-state index is 0.193. The van der Waals surface area contributed by atoms with Gasteiger partial charge in [-0.1, -0.05) is 19.1 Å². The van der Waals surface area contributed by atoms with Crippen LogP contribution in [0.1, 0.15) is 50.0 Å². The zero-order valence-electron chi connectivity index (χ0n) is 17.9. The Hall–Kier alpha value is -1.57. The van der Waals surface area contributed by atoms with Crippen LogP contribution >= 0.6 is 32.5 Å². The van der Waals surface area contributed by atoms with E-state index in [0.717, 1.165) is 28.4 Å². The van der Waals surface area contributed by atoms with Gasteiger partial charge < -0.3 is 19.9 Å². The molecule has 11 heteroatoms. The van der Waals surface area contributed by atoms with E-state index >= 15 is 0 Å². The van der Waals surface area contributed by atoms with Gasteiger partial charge in [0.1, 0.15) is 25.7 Å². The van der Waals surface area contributed by atoms with E-state index in [1.165, 1.54) is 11.3 Å². The first-order valence-electron chi connectivity index (χ1n) is 9.70. The fourth-order valence-corrected chi connectivity index (χ4v) is 4.63. The minimum atomic E-state index is -1.17. The number of anilines is 1. The number of ether oxygens (including phenoxy) is 1. The fourth-order valence-electron chi connectivity index (χ4n) is 2.59. The summed E-state index contributed by atoms with van der Waals surface area (Å²) in [5, 5.41) is 8.22. The molecule has 31 heavy (non-hydrogen) atoms. The lowest BCUT2D eigenvalue weighted by atomic mass is 10.1. The smallest absolute Gasteiger partial charge is 0.408 e. The van der Waals surface area contributed by atoms with E-state index in [1.54, 1.807) is 42.0 Å². The molecule has 1 heterocycles. The Balaban J connectivity index is 2.05. The highest BCUT2D eigenvalue weighted by Gasteiger charge is 2.21. The molecule has 170 valence electrons. The van der Waals surface area contributed by atoms with Crippen molar-refractivity contribution in [2.45, 2.75) is 52.2 Å². The number of halogens is 1. The number of hydrogen-bond donors (Lipinski definition) is 3. The summed E-state index contributed by atoms with van der Waals surface area (Å²) in [5.41, 5.74) is 2.07. The van der Waals surface area contributed by atoms with Gasteiger partial charge in [0.05, 0.1) is 17.4 Å². The van der Waals surface area contributed by atoms with Crippen LogP contribution in [0.4, 0.5) is 10.5 Å². The molecule has 2 rings (SSSR count). The Morgan fingerprint density at radius 3 is 2.52 bits per heavy atom. The number of hydrogen-bond acceptors (Lipinski definition) is 7. The molecule has 1 aromatic carbocycles. The van der Waals surface area contributed by atoms with Gasteiger partial charge in [-0.25, -0.2) is 14.5 Å². The average Bonchev–Trinajstić information content (AvgIpc) is 3.15. The fraction of sp³-hybridized carbons (Fsp3) is 0.450. The minimum Gasteiger partial charge on any atom is -0.585 e. The lowest BCUT2D eigenvalue weighted by molar-refractivity contribution is -0.121. The van der Waals surface area contributed by atoms with Crippen molar-refractivity contribution < 1.29 is 18.9 Å². The van der Waals surface area contributed by atoms with Crippen LogP contribution in [0.25, 0.3) is 0 Å². The first-order valence-corrected chi connectivity index (χ1v) is 14.3. The van der Waals surface area contributed by atoms with Gasteiger partial charge >= 0.3 is 6.09 Å². The predicted molar refractivity (Wildman–Crippen MR) is 133 cm³/mol. The lowest BCUT2D eigenvalue weighted by Crippen LogP contribution is -2.41. The van der Waals surface area contributed by atoms with Crippen molar-refractivity contribution in [3.63, 3.8) is 0 Å². The van der Waals surface area contributed by atoms with Crippen LogP contribution in [0.3, 0.4) is 0 Å². The monoisotopic (exact) mass is 578 g/mol. The largest absolute Gasteiger partial charge is 0.585 e. The van der Waals surface area contributed by atoms with Crippen molar-refractivity contribution in [1.29, 1.82) is 0 Å². The molecular weight excluding hydrogens is 551 g/mol. The molecule has 0 spiro atoms. The number of thiazole rings is 1. The number of aromatic nitrogens is 1. The maximum Gasteiger partial charge on any atom is 0.408 e. The first kappa shape index (κ1) is 25.7. The van der Waals surface area contributed by atoms with Crippen LogP contribution in [0.5, 0.6) is 0 Å². The van der Waals surface area contributed by atoms with Crippen molar-refractivity contribution in [3.05, 3.63) is 45.9 Å². The normalized spacial score (nSPS) is 13.2. The Morgan fingerprint density at radius 1 is 1.29 bits per heavy atom. The van der Waals surface area contributed by atoms with Gasteiger partial charge in [-0.3, -0.25) is 4.79 Å². The van der Waals surface area contributed by atoms with Crippen LogP contribution in [-0.2, 0) is 30.9 Å². The van der Waals surface area contributed by atoms with Crippen molar-refractivity contribution >= 4 is 58.8 Å².